The Balaban J connectivity index is 1.09. The second kappa shape index (κ2) is 12.7. The van der Waals surface area contributed by atoms with Gasteiger partial charge in [0.2, 0.25) is 0 Å². The molecule has 0 radical (unpaired) electrons. The minimum absolute atomic E-state index is 0.635. The number of hydrogen-bond donors (Lipinski definition) is 0. The summed E-state index contributed by atoms with van der Waals surface area (Å²) in [4.78, 5) is 19.6. The molecular formula is C46H30N4. The lowest BCUT2D eigenvalue weighted by Crippen LogP contribution is -2.00. The average Bonchev–Trinajstić information content (AvgIpc) is 3.21. The molecule has 0 N–H and O–H groups in total. The lowest BCUT2D eigenvalue weighted by atomic mass is 9.94. The van der Waals surface area contributed by atoms with Crippen LogP contribution >= 0.6 is 0 Å². The highest BCUT2D eigenvalue weighted by Gasteiger charge is 2.14. The van der Waals surface area contributed by atoms with E-state index in [9.17, 15) is 0 Å². The molecule has 4 heteroatoms. The van der Waals surface area contributed by atoms with E-state index in [1.165, 1.54) is 22.1 Å². The summed E-state index contributed by atoms with van der Waals surface area (Å²) in [6.45, 7) is 0. The third kappa shape index (κ3) is 5.59. The Labute approximate surface area is 290 Å². The first-order chi connectivity index (χ1) is 24.8. The molecule has 50 heavy (non-hydrogen) atoms. The zero-order valence-electron chi connectivity index (χ0n) is 27.1. The van der Waals surface area contributed by atoms with Crippen LogP contribution in [-0.2, 0) is 0 Å². The van der Waals surface area contributed by atoms with Crippen LogP contribution in [0.4, 0.5) is 0 Å². The number of hydrogen-bond acceptors (Lipinski definition) is 4. The first-order valence-corrected chi connectivity index (χ1v) is 16.7. The lowest BCUT2D eigenvalue weighted by Gasteiger charge is -2.12. The van der Waals surface area contributed by atoms with E-state index >= 15 is 0 Å². The predicted octanol–water partition coefficient (Wildman–Crippen LogP) is 11.6. The number of rotatable bonds is 6. The van der Waals surface area contributed by atoms with E-state index in [0.29, 0.717) is 17.5 Å². The average molecular weight is 639 g/mol. The van der Waals surface area contributed by atoms with Crippen molar-refractivity contribution >= 4 is 21.7 Å². The zero-order valence-corrected chi connectivity index (χ0v) is 27.1. The standard InChI is InChI=1S/C46H30N4/c1-3-11-31(12-4-1)32-22-26-36(27-23-32)45-48-44(35-13-5-2-6-14-35)49-46(50-45)39-16-9-15-37(29-39)33-20-24-34(25-21-33)42-30-38-17-10-28-47-43(38)41-19-8-7-18-40(41)42/h1-30H. The van der Waals surface area contributed by atoms with Gasteiger partial charge in [-0.15, -0.1) is 0 Å². The third-order valence-corrected chi connectivity index (χ3v) is 9.18. The van der Waals surface area contributed by atoms with Crippen molar-refractivity contribution in [1.29, 1.82) is 0 Å². The summed E-state index contributed by atoms with van der Waals surface area (Å²) in [5.74, 6) is 1.92. The second-order valence-corrected chi connectivity index (χ2v) is 12.3. The predicted molar refractivity (Wildman–Crippen MR) is 205 cm³/mol. The molecule has 0 aliphatic heterocycles. The minimum Gasteiger partial charge on any atom is -0.256 e. The highest BCUT2D eigenvalue weighted by molar-refractivity contribution is 6.12. The fourth-order valence-corrected chi connectivity index (χ4v) is 6.63. The molecule has 7 aromatic carbocycles. The molecule has 4 nitrogen and oxygen atoms in total. The first-order valence-electron chi connectivity index (χ1n) is 16.7. The van der Waals surface area contributed by atoms with Gasteiger partial charge in [-0.2, -0.15) is 0 Å². The van der Waals surface area contributed by atoms with Crippen LogP contribution in [0.3, 0.4) is 0 Å². The van der Waals surface area contributed by atoms with Crippen molar-refractivity contribution in [3.63, 3.8) is 0 Å². The topological polar surface area (TPSA) is 51.6 Å². The van der Waals surface area contributed by atoms with Crippen LogP contribution in [0.5, 0.6) is 0 Å². The number of fused-ring (bicyclic) bond motifs is 3. The molecule has 0 aliphatic carbocycles. The summed E-state index contributed by atoms with van der Waals surface area (Å²) in [5, 5.41) is 3.50. The van der Waals surface area contributed by atoms with Crippen LogP contribution in [0.15, 0.2) is 182 Å². The van der Waals surface area contributed by atoms with E-state index in [0.717, 1.165) is 49.7 Å². The largest absolute Gasteiger partial charge is 0.256 e. The Morgan fingerprint density at radius 2 is 0.780 bits per heavy atom. The fraction of sp³-hybridized carbons (Fsp3) is 0. The molecule has 0 unspecified atom stereocenters. The zero-order chi connectivity index (χ0) is 33.3. The van der Waals surface area contributed by atoms with Gasteiger partial charge in [0, 0.05) is 33.7 Å². The van der Waals surface area contributed by atoms with Gasteiger partial charge in [0.25, 0.3) is 0 Å². The van der Waals surface area contributed by atoms with E-state index in [1.807, 2.05) is 48.7 Å². The van der Waals surface area contributed by atoms with Crippen molar-refractivity contribution in [3.8, 4) is 67.5 Å². The summed E-state index contributed by atoms with van der Waals surface area (Å²) >= 11 is 0. The van der Waals surface area contributed by atoms with Gasteiger partial charge in [0.1, 0.15) is 0 Å². The van der Waals surface area contributed by atoms with Gasteiger partial charge in [0.15, 0.2) is 17.5 Å². The van der Waals surface area contributed by atoms with Gasteiger partial charge in [0.05, 0.1) is 5.52 Å². The second-order valence-electron chi connectivity index (χ2n) is 12.3. The van der Waals surface area contributed by atoms with Crippen LogP contribution in [0.2, 0.25) is 0 Å². The highest BCUT2D eigenvalue weighted by atomic mass is 15.0. The normalized spacial score (nSPS) is 11.2. The van der Waals surface area contributed by atoms with Crippen molar-refractivity contribution in [3.05, 3.63) is 182 Å². The van der Waals surface area contributed by atoms with Crippen molar-refractivity contribution in [2.75, 3.05) is 0 Å². The lowest BCUT2D eigenvalue weighted by molar-refractivity contribution is 1.07. The van der Waals surface area contributed by atoms with Gasteiger partial charge >= 0.3 is 0 Å². The molecule has 0 fully saturated rings. The summed E-state index contributed by atoms with van der Waals surface area (Å²) in [6, 6.07) is 61.0. The molecule has 0 amide bonds. The number of nitrogens with zero attached hydrogens (tertiary/aromatic N) is 4. The molecule has 0 aliphatic rings. The maximum absolute atomic E-state index is 5.02. The van der Waals surface area contributed by atoms with Gasteiger partial charge in [-0.3, -0.25) is 4.98 Å². The molecule has 0 bridgehead atoms. The quantitative estimate of drug-likeness (QED) is 0.170. The van der Waals surface area contributed by atoms with E-state index in [4.69, 9.17) is 15.0 Å². The van der Waals surface area contributed by atoms with Crippen LogP contribution in [0, 0.1) is 0 Å². The molecule has 234 valence electrons. The molecule has 0 saturated heterocycles. The summed E-state index contributed by atoms with van der Waals surface area (Å²) in [5.41, 5.74) is 10.8. The van der Waals surface area contributed by atoms with Crippen molar-refractivity contribution < 1.29 is 0 Å². The molecule has 2 heterocycles. The van der Waals surface area contributed by atoms with Gasteiger partial charge < -0.3 is 0 Å². The van der Waals surface area contributed by atoms with Crippen LogP contribution in [0.25, 0.3) is 89.2 Å². The van der Waals surface area contributed by atoms with Gasteiger partial charge in [-0.05, 0) is 57.0 Å². The van der Waals surface area contributed by atoms with E-state index in [1.54, 1.807) is 0 Å². The highest BCUT2D eigenvalue weighted by Crippen LogP contribution is 2.36. The molecule has 9 rings (SSSR count). The molecule has 0 saturated carbocycles. The first kappa shape index (κ1) is 29.4. The SMILES string of the molecule is c1ccc(-c2ccc(-c3nc(-c4ccccc4)nc(-c4cccc(-c5ccc(-c6cc7cccnc7c7ccccc67)cc5)c4)n3)cc2)cc1. The van der Waals surface area contributed by atoms with E-state index in [-0.39, 0.29) is 0 Å². The third-order valence-electron chi connectivity index (χ3n) is 9.18. The van der Waals surface area contributed by atoms with Crippen molar-refractivity contribution in [2.45, 2.75) is 0 Å². The Kier molecular flexibility index (Phi) is 7.45. The smallest absolute Gasteiger partial charge is 0.164 e. The summed E-state index contributed by atoms with van der Waals surface area (Å²) in [6.07, 6.45) is 1.86. The fourth-order valence-electron chi connectivity index (χ4n) is 6.63. The van der Waals surface area contributed by atoms with Gasteiger partial charge in [-0.25, -0.2) is 15.0 Å². The monoisotopic (exact) mass is 638 g/mol. The minimum atomic E-state index is 0.635. The van der Waals surface area contributed by atoms with E-state index in [2.05, 4.69) is 138 Å². The number of benzene rings is 7. The molecule has 9 aromatic rings. The Hall–Kier alpha value is -6.78. The molecule has 0 spiro atoms. The molecular weight excluding hydrogens is 609 g/mol. The maximum atomic E-state index is 5.02. The number of aromatic nitrogens is 4. The van der Waals surface area contributed by atoms with E-state index < -0.39 is 0 Å². The summed E-state index contributed by atoms with van der Waals surface area (Å²) in [7, 11) is 0. The maximum Gasteiger partial charge on any atom is 0.164 e. The molecule has 0 atom stereocenters. The molecule has 2 aromatic heterocycles. The Bertz CT molecular complexity index is 2620. The van der Waals surface area contributed by atoms with Crippen molar-refractivity contribution in [2.24, 2.45) is 0 Å². The van der Waals surface area contributed by atoms with Crippen molar-refractivity contribution in [1.82, 2.24) is 19.9 Å². The Morgan fingerprint density at radius 3 is 1.48 bits per heavy atom. The van der Waals surface area contributed by atoms with Crippen LogP contribution in [0.1, 0.15) is 0 Å². The van der Waals surface area contributed by atoms with Gasteiger partial charge in [-0.1, -0.05) is 158 Å². The summed E-state index contributed by atoms with van der Waals surface area (Å²) < 4.78 is 0. The Morgan fingerprint density at radius 1 is 0.300 bits per heavy atom. The van der Waals surface area contributed by atoms with Crippen LogP contribution in [-0.4, -0.2) is 19.9 Å². The number of pyridine rings is 1. The van der Waals surface area contributed by atoms with Crippen LogP contribution < -0.4 is 0 Å².